The zero-order valence-corrected chi connectivity index (χ0v) is 12.2. The van der Waals surface area contributed by atoms with Crippen molar-refractivity contribution in [1.29, 1.82) is 0 Å². The average molecular weight is 293 g/mol. The minimum atomic E-state index is -2.27. The summed E-state index contributed by atoms with van der Waals surface area (Å²) in [7, 11) is -2.27. The quantitative estimate of drug-likeness (QED) is 0.728. The molecule has 0 saturated heterocycles. The summed E-state index contributed by atoms with van der Waals surface area (Å²) in [6.45, 7) is 0. The maximum Gasteiger partial charge on any atom is 0.546 e. The fourth-order valence-corrected chi connectivity index (χ4v) is 2.69. The molecule has 102 valence electrons. The van der Waals surface area contributed by atoms with Gasteiger partial charge in [0.25, 0.3) is 0 Å². The van der Waals surface area contributed by atoms with Gasteiger partial charge < -0.3 is 0 Å². The van der Waals surface area contributed by atoms with Crippen molar-refractivity contribution in [3.8, 4) is 22.3 Å². The van der Waals surface area contributed by atoms with Gasteiger partial charge in [0, 0.05) is 0 Å². The molecule has 0 amide bonds. The molecule has 3 aromatic rings. The van der Waals surface area contributed by atoms with Crippen molar-refractivity contribution in [2.75, 3.05) is 0 Å². The largest absolute Gasteiger partial charge is 0.546 e. The fourth-order valence-electron chi connectivity index (χ4n) is 2.29. The Bertz CT molecular complexity index is 765. The lowest BCUT2D eigenvalue weighted by Gasteiger charge is -2.05. The average Bonchev–Trinajstić information content (AvgIpc) is 2.56. The molecule has 21 heavy (non-hydrogen) atoms. The normalized spacial score (nSPS) is 11.2. The van der Waals surface area contributed by atoms with Gasteiger partial charge in [0.05, 0.1) is 0 Å². The first kappa shape index (κ1) is 13.7. The third kappa shape index (κ3) is 3.08. The Morgan fingerprint density at radius 2 is 1.14 bits per heavy atom. The van der Waals surface area contributed by atoms with Crippen molar-refractivity contribution in [2.45, 2.75) is 0 Å². The third-order valence-electron chi connectivity index (χ3n) is 3.39. The van der Waals surface area contributed by atoms with Gasteiger partial charge in [-0.2, -0.15) is 4.89 Å². The molecule has 3 aromatic carbocycles. The van der Waals surface area contributed by atoms with E-state index < -0.39 is 8.03 Å². The number of hydrogen-bond acceptors (Lipinski definition) is 1. The van der Waals surface area contributed by atoms with Crippen LogP contribution in [0, 0.1) is 0 Å². The Labute approximate surface area is 124 Å². The molecule has 3 rings (SSSR count). The van der Waals surface area contributed by atoms with E-state index in [0.717, 1.165) is 16.7 Å². The van der Waals surface area contributed by atoms with Gasteiger partial charge in [-0.3, -0.25) is 0 Å². The zero-order valence-electron chi connectivity index (χ0n) is 11.3. The standard InChI is InChI=1S/C18H13O2P/c19-21(20)18-11-9-15(10-12-18)17-8-4-7-16(13-17)14-5-2-1-3-6-14/h1-13H/p+1. The van der Waals surface area contributed by atoms with Crippen LogP contribution in [0.4, 0.5) is 0 Å². The molecule has 0 spiro atoms. The SMILES string of the molecule is O=[P+](O)c1ccc(-c2cccc(-c3ccccc3)c2)cc1. The number of rotatable bonds is 3. The molecular weight excluding hydrogens is 279 g/mol. The van der Waals surface area contributed by atoms with Gasteiger partial charge in [-0.05, 0) is 57.2 Å². The predicted molar refractivity (Wildman–Crippen MR) is 86.8 cm³/mol. The summed E-state index contributed by atoms with van der Waals surface area (Å²) in [5.41, 5.74) is 4.46. The monoisotopic (exact) mass is 293 g/mol. The van der Waals surface area contributed by atoms with Crippen LogP contribution >= 0.6 is 8.03 Å². The maximum absolute atomic E-state index is 11.0. The number of hydrogen-bond donors (Lipinski definition) is 1. The highest BCUT2D eigenvalue weighted by atomic mass is 31.1. The van der Waals surface area contributed by atoms with Crippen molar-refractivity contribution in [1.82, 2.24) is 0 Å². The van der Waals surface area contributed by atoms with Crippen LogP contribution in [0.1, 0.15) is 0 Å². The molecule has 0 radical (unpaired) electrons. The summed E-state index contributed by atoms with van der Waals surface area (Å²) in [5.74, 6) is 0. The highest BCUT2D eigenvalue weighted by molar-refractivity contribution is 7.47. The van der Waals surface area contributed by atoms with E-state index in [1.165, 1.54) is 5.56 Å². The Balaban J connectivity index is 1.98. The molecule has 2 nitrogen and oxygen atoms in total. The zero-order chi connectivity index (χ0) is 14.7. The van der Waals surface area contributed by atoms with Gasteiger partial charge in [0.2, 0.25) is 5.30 Å². The molecule has 0 bridgehead atoms. The second-order valence-corrected chi connectivity index (χ2v) is 5.83. The van der Waals surface area contributed by atoms with Crippen molar-refractivity contribution in [2.24, 2.45) is 0 Å². The van der Waals surface area contributed by atoms with Crippen molar-refractivity contribution < 1.29 is 9.46 Å². The lowest BCUT2D eigenvalue weighted by molar-refractivity contribution is 0.513. The van der Waals surface area contributed by atoms with E-state index in [9.17, 15) is 4.57 Å². The van der Waals surface area contributed by atoms with Gasteiger partial charge in [0.15, 0.2) is 0 Å². The molecule has 0 fully saturated rings. The summed E-state index contributed by atoms with van der Waals surface area (Å²) in [6.07, 6.45) is 0. The van der Waals surface area contributed by atoms with E-state index in [4.69, 9.17) is 4.89 Å². The van der Waals surface area contributed by atoms with Gasteiger partial charge in [-0.1, -0.05) is 48.5 Å². The summed E-state index contributed by atoms with van der Waals surface area (Å²) in [5, 5.41) is 0.452. The summed E-state index contributed by atoms with van der Waals surface area (Å²) < 4.78 is 11.0. The first-order valence-electron chi connectivity index (χ1n) is 6.66. The third-order valence-corrected chi connectivity index (χ3v) is 4.13. The molecule has 0 saturated carbocycles. The highest BCUT2D eigenvalue weighted by Gasteiger charge is 2.15. The van der Waals surface area contributed by atoms with Crippen molar-refractivity contribution >= 4 is 13.3 Å². The van der Waals surface area contributed by atoms with Gasteiger partial charge in [0.1, 0.15) is 0 Å². The van der Waals surface area contributed by atoms with E-state index in [1.54, 1.807) is 12.1 Å². The molecule has 0 aromatic heterocycles. The molecule has 1 unspecified atom stereocenters. The van der Waals surface area contributed by atoms with Crippen LogP contribution in [0.5, 0.6) is 0 Å². The first-order valence-corrected chi connectivity index (χ1v) is 7.87. The van der Waals surface area contributed by atoms with E-state index in [2.05, 4.69) is 24.3 Å². The molecule has 0 aliphatic heterocycles. The van der Waals surface area contributed by atoms with Crippen LogP contribution in [0.15, 0.2) is 78.9 Å². The van der Waals surface area contributed by atoms with Crippen molar-refractivity contribution in [3.05, 3.63) is 78.9 Å². The Hall–Kier alpha value is -2.28. The molecule has 1 N–H and O–H groups in total. The molecule has 3 heteroatoms. The van der Waals surface area contributed by atoms with Gasteiger partial charge >= 0.3 is 8.03 Å². The fraction of sp³-hybridized carbons (Fsp3) is 0. The molecular formula is C18H14O2P+. The summed E-state index contributed by atoms with van der Waals surface area (Å²) in [4.78, 5) is 9.09. The molecule has 0 heterocycles. The first-order chi connectivity index (χ1) is 10.2. The van der Waals surface area contributed by atoms with E-state index in [1.807, 2.05) is 42.5 Å². The maximum atomic E-state index is 11.0. The van der Waals surface area contributed by atoms with Crippen LogP contribution in [-0.4, -0.2) is 4.89 Å². The minimum absolute atomic E-state index is 0.452. The molecule has 0 aliphatic rings. The topological polar surface area (TPSA) is 37.3 Å². The van der Waals surface area contributed by atoms with Gasteiger partial charge in [-0.15, -0.1) is 0 Å². The lowest BCUT2D eigenvalue weighted by atomic mass is 9.99. The van der Waals surface area contributed by atoms with E-state index in [0.29, 0.717) is 5.30 Å². The Morgan fingerprint density at radius 1 is 0.619 bits per heavy atom. The summed E-state index contributed by atoms with van der Waals surface area (Å²) in [6, 6.07) is 25.6. The van der Waals surface area contributed by atoms with Crippen molar-refractivity contribution in [3.63, 3.8) is 0 Å². The Kier molecular flexibility index (Phi) is 3.92. The smallest absolute Gasteiger partial charge is 0.156 e. The molecule has 1 atom stereocenters. The number of benzene rings is 3. The van der Waals surface area contributed by atoms with Crippen LogP contribution in [-0.2, 0) is 4.57 Å². The molecule has 0 aliphatic carbocycles. The van der Waals surface area contributed by atoms with Crippen LogP contribution in [0.3, 0.4) is 0 Å². The van der Waals surface area contributed by atoms with Crippen LogP contribution in [0.25, 0.3) is 22.3 Å². The Morgan fingerprint density at radius 3 is 1.71 bits per heavy atom. The second kappa shape index (κ2) is 6.01. The van der Waals surface area contributed by atoms with Crippen LogP contribution in [0.2, 0.25) is 0 Å². The van der Waals surface area contributed by atoms with Crippen LogP contribution < -0.4 is 5.30 Å². The second-order valence-electron chi connectivity index (χ2n) is 4.77. The highest BCUT2D eigenvalue weighted by Crippen LogP contribution is 2.26. The summed E-state index contributed by atoms with van der Waals surface area (Å²) >= 11 is 0. The van der Waals surface area contributed by atoms with Gasteiger partial charge in [-0.25, -0.2) is 0 Å². The van der Waals surface area contributed by atoms with E-state index >= 15 is 0 Å². The predicted octanol–water partition coefficient (Wildman–Crippen LogP) is 4.38. The van der Waals surface area contributed by atoms with E-state index in [-0.39, 0.29) is 0 Å². The lowest BCUT2D eigenvalue weighted by Crippen LogP contribution is -1.94. The minimum Gasteiger partial charge on any atom is -0.156 e.